The summed E-state index contributed by atoms with van der Waals surface area (Å²) in [6.45, 7) is 1.35. The van der Waals surface area contributed by atoms with Crippen molar-refractivity contribution in [3.8, 4) is 0 Å². The van der Waals surface area contributed by atoms with Gasteiger partial charge in [-0.05, 0) is 50.7 Å². The summed E-state index contributed by atoms with van der Waals surface area (Å²) in [7, 11) is 0. The summed E-state index contributed by atoms with van der Waals surface area (Å²) < 4.78 is 36.4. The normalized spacial score (nSPS) is 21.2. The Balaban J connectivity index is 1.52. The maximum absolute atomic E-state index is 14.6. The highest BCUT2D eigenvalue weighted by molar-refractivity contribution is 6.30. The number of aromatic nitrogens is 4. The van der Waals surface area contributed by atoms with Gasteiger partial charge in [-0.2, -0.15) is 4.98 Å². The minimum Gasteiger partial charge on any atom is -0.381 e. The van der Waals surface area contributed by atoms with E-state index < -0.39 is 11.6 Å². The highest BCUT2D eigenvalue weighted by Crippen LogP contribution is 2.37. The molecule has 2 fully saturated rings. The Morgan fingerprint density at radius 2 is 1.77 bits per heavy atom. The lowest BCUT2D eigenvalue weighted by atomic mass is 9.85. The Morgan fingerprint density at radius 1 is 1.09 bits per heavy atom. The number of benzene rings is 1. The highest BCUT2D eigenvalue weighted by atomic mass is 35.5. The number of nitrogens with one attached hydrogen (secondary N) is 2. The Morgan fingerprint density at radius 3 is 2.43 bits per heavy atom. The van der Waals surface area contributed by atoms with E-state index in [0.29, 0.717) is 56.0 Å². The van der Waals surface area contributed by atoms with Crippen LogP contribution >= 0.6 is 11.6 Å². The van der Waals surface area contributed by atoms with Gasteiger partial charge >= 0.3 is 0 Å². The molecule has 1 aliphatic carbocycles. The Bertz CT molecular complexity index is 1220. The number of nitrogens with zero attached hydrogens (tertiary/aromatic N) is 4. The molecule has 3 heterocycles. The molecule has 35 heavy (non-hydrogen) atoms. The fraction of sp³-hybridized carbons (Fsp3) is 0.478. The van der Waals surface area contributed by atoms with E-state index in [9.17, 15) is 13.6 Å². The smallest absolute Gasteiger partial charge is 0.224 e. The first-order valence-electron chi connectivity index (χ1n) is 11.7. The van der Waals surface area contributed by atoms with E-state index >= 15 is 0 Å². The summed E-state index contributed by atoms with van der Waals surface area (Å²) in [5.41, 5.74) is 6.17. The molecular formula is C23H26ClF2N7O2. The second-order valence-electron chi connectivity index (χ2n) is 9.02. The van der Waals surface area contributed by atoms with Crippen LogP contribution in [0.2, 0.25) is 5.02 Å². The van der Waals surface area contributed by atoms with Crippen LogP contribution in [0.25, 0.3) is 11.2 Å². The van der Waals surface area contributed by atoms with E-state index in [0.717, 1.165) is 25.0 Å². The van der Waals surface area contributed by atoms with Gasteiger partial charge in [0.2, 0.25) is 17.8 Å². The zero-order chi connectivity index (χ0) is 24.5. The number of hydrogen-bond donors (Lipinski definition) is 3. The summed E-state index contributed by atoms with van der Waals surface area (Å²) in [4.78, 5) is 25.3. The SMILES string of the molecule is NC(=O)[C@H]1CC[C@@H](n2c(Nc3c(F)cc(Cl)cc3F)nc3cnc(NC4CCOCC4)nc32)CC1. The molecule has 3 aromatic rings. The molecule has 0 spiro atoms. The summed E-state index contributed by atoms with van der Waals surface area (Å²) in [6.07, 6.45) is 5.80. The molecule has 1 amide bonds. The number of primary amides is 1. The Kier molecular flexibility index (Phi) is 6.70. The molecule has 9 nitrogen and oxygen atoms in total. The van der Waals surface area contributed by atoms with Gasteiger partial charge in [-0.25, -0.2) is 18.7 Å². The van der Waals surface area contributed by atoms with Crippen LogP contribution in [-0.2, 0) is 9.53 Å². The predicted molar refractivity (Wildman–Crippen MR) is 128 cm³/mol. The number of hydrogen-bond acceptors (Lipinski definition) is 7. The van der Waals surface area contributed by atoms with Gasteiger partial charge in [-0.3, -0.25) is 9.36 Å². The second-order valence-corrected chi connectivity index (χ2v) is 9.45. The maximum atomic E-state index is 14.6. The van der Waals surface area contributed by atoms with E-state index in [1.165, 1.54) is 0 Å². The Labute approximate surface area is 205 Å². The van der Waals surface area contributed by atoms with Gasteiger partial charge in [0.1, 0.15) is 11.2 Å². The lowest BCUT2D eigenvalue weighted by Crippen LogP contribution is -2.29. The topological polar surface area (TPSA) is 120 Å². The van der Waals surface area contributed by atoms with Crippen LogP contribution < -0.4 is 16.4 Å². The van der Waals surface area contributed by atoms with Crippen molar-refractivity contribution in [1.82, 2.24) is 19.5 Å². The number of carbonyl (C=O) groups is 1. The van der Waals surface area contributed by atoms with Crippen molar-refractivity contribution in [2.45, 2.75) is 50.6 Å². The number of amides is 1. The van der Waals surface area contributed by atoms with Gasteiger partial charge in [0.05, 0.1) is 6.20 Å². The lowest BCUT2D eigenvalue weighted by Gasteiger charge is -2.29. The largest absolute Gasteiger partial charge is 0.381 e. The van der Waals surface area contributed by atoms with Crippen molar-refractivity contribution in [3.63, 3.8) is 0 Å². The number of ether oxygens (including phenoxy) is 1. The van der Waals surface area contributed by atoms with E-state index in [1.807, 2.05) is 4.57 Å². The highest BCUT2D eigenvalue weighted by Gasteiger charge is 2.30. The van der Waals surface area contributed by atoms with Gasteiger partial charge in [0, 0.05) is 36.2 Å². The third kappa shape index (κ3) is 5.01. The molecule has 0 unspecified atom stereocenters. The number of fused-ring (bicyclic) bond motifs is 1. The lowest BCUT2D eigenvalue weighted by molar-refractivity contribution is -0.122. The maximum Gasteiger partial charge on any atom is 0.224 e. The molecule has 1 saturated heterocycles. The average molecular weight is 506 g/mol. The summed E-state index contributed by atoms with van der Waals surface area (Å²) in [5.74, 6) is -1.48. The van der Waals surface area contributed by atoms with Crippen molar-refractivity contribution >= 4 is 46.3 Å². The average Bonchev–Trinajstić information content (AvgIpc) is 3.19. The van der Waals surface area contributed by atoms with Crippen LogP contribution in [-0.4, -0.2) is 44.7 Å². The van der Waals surface area contributed by atoms with Gasteiger partial charge in [0.25, 0.3) is 0 Å². The molecule has 1 aliphatic heterocycles. The quantitative estimate of drug-likeness (QED) is 0.456. The zero-order valence-corrected chi connectivity index (χ0v) is 19.7. The van der Waals surface area contributed by atoms with Gasteiger partial charge < -0.3 is 21.1 Å². The minimum atomic E-state index is -0.834. The van der Waals surface area contributed by atoms with E-state index in [2.05, 4.69) is 20.6 Å². The molecule has 1 saturated carbocycles. The fourth-order valence-electron chi connectivity index (χ4n) is 4.81. The zero-order valence-electron chi connectivity index (χ0n) is 18.9. The van der Waals surface area contributed by atoms with Crippen LogP contribution in [0, 0.1) is 17.6 Å². The van der Waals surface area contributed by atoms with Crippen molar-refractivity contribution < 1.29 is 18.3 Å². The van der Waals surface area contributed by atoms with Crippen LogP contribution in [0.4, 0.5) is 26.4 Å². The van der Waals surface area contributed by atoms with Crippen molar-refractivity contribution in [1.29, 1.82) is 0 Å². The number of anilines is 3. The molecule has 0 radical (unpaired) electrons. The molecule has 0 atom stereocenters. The molecule has 0 bridgehead atoms. The monoisotopic (exact) mass is 505 g/mol. The summed E-state index contributed by atoms with van der Waals surface area (Å²) in [5, 5.41) is 6.11. The molecule has 12 heteroatoms. The van der Waals surface area contributed by atoms with Crippen molar-refractivity contribution in [2.75, 3.05) is 23.8 Å². The molecule has 4 N–H and O–H groups in total. The minimum absolute atomic E-state index is 0.0430. The summed E-state index contributed by atoms with van der Waals surface area (Å²) in [6, 6.07) is 2.17. The van der Waals surface area contributed by atoms with Gasteiger partial charge in [-0.15, -0.1) is 0 Å². The van der Waals surface area contributed by atoms with E-state index in [-0.39, 0.29) is 40.6 Å². The van der Waals surface area contributed by atoms with Crippen LogP contribution in [0.3, 0.4) is 0 Å². The molecular weight excluding hydrogens is 480 g/mol. The first-order chi connectivity index (χ1) is 16.9. The standard InChI is InChI=1S/C23H26ClF2N7O2/c24-13-9-16(25)19(17(26)10-13)31-23-30-18-11-28-22(29-14-5-7-35-8-6-14)32-21(18)33(23)15-3-1-12(2-4-15)20(27)34/h9-12,14-15H,1-8H2,(H2,27,34)(H,30,31)(H,28,29,32)/t12-,15+. The van der Waals surface area contributed by atoms with Crippen LogP contribution in [0.5, 0.6) is 0 Å². The predicted octanol–water partition coefficient (Wildman–Crippen LogP) is 4.31. The van der Waals surface area contributed by atoms with Crippen molar-refractivity contribution in [2.24, 2.45) is 11.7 Å². The van der Waals surface area contributed by atoms with Crippen LogP contribution in [0.15, 0.2) is 18.3 Å². The van der Waals surface area contributed by atoms with Crippen molar-refractivity contribution in [3.05, 3.63) is 35.0 Å². The van der Waals surface area contributed by atoms with Gasteiger partial charge in [0.15, 0.2) is 17.3 Å². The second kappa shape index (κ2) is 9.90. The summed E-state index contributed by atoms with van der Waals surface area (Å²) >= 11 is 5.78. The number of carbonyl (C=O) groups excluding carboxylic acids is 1. The third-order valence-corrected chi connectivity index (χ3v) is 6.91. The van der Waals surface area contributed by atoms with E-state index in [4.69, 9.17) is 27.1 Å². The number of imidazole rings is 1. The molecule has 186 valence electrons. The molecule has 1 aromatic carbocycles. The van der Waals surface area contributed by atoms with Gasteiger partial charge in [-0.1, -0.05) is 11.6 Å². The Hall–Kier alpha value is -3.05. The first-order valence-corrected chi connectivity index (χ1v) is 12.1. The molecule has 2 aliphatic rings. The van der Waals surface area contributed by atoms with Crippen LogP contribution in [0.1, 0.15) is 44.6 Å². The number of halogens is 3. The first kappa shape index (κ1) is 23.7. The van der Waals surface area contributed by atoms with E-state index in [1.54, 1.807) is 6.20 Å². The fourth-order valence-corrected chi connectivity index (χ4v) is 5.00. The number of nitrogens with two attached hydrogens (primary N) is 1. The third-order valence-electron chi connectivity index (χ3n) is 6.70. The number of rotatable bonds is 6. The molecule has 5 rings (SSSR count). The molecule has 2 aromatic heterocycles.